The largest absolute Gasteiger partial charge is 0.469 e. The molecular formula is C21H23N3O4. The number of hydrogen-bond donors (Lipinski definition) is 2. The lowest BCUT2D eigenvalue weighted by Crippen LogP contribution is -2.44. The van der Waals surface area contributed by atoms with Crippen LogP contribution in [0.1, 0.15) is 38.2 Å². The standard InChI is InChI=1S/C21H23N3O4/c1-21-12-4-3-9-16(21)20(27)24-23-19(21)14-7-5-8-15(13-14)22-17(25)10-6-11-18(26)28-2/h3-5,7-9,13H,6,10-12H2,1-2H3,(H,22,25)(H,24,27). The molecule has 3 rings (SSSR count). The van der Waals surface area contributed by atoms with Gasteiger partial charge in [0.05, 0.1) is 12.8 Å². The third-order valence-corrected chi connectivity index (χ3v) is 4.99. The molecule has 146 valence electrons. The Morgan fingerprint density at radius 3 is 2.93 bits per heavy atom. The van der Waals surface area contributed by atoms with E-state index in [4.69, 9.17) is 0 Å². The third kappa shape index (κ3) is 4.03. The Bertz CT molecular complexity index is 901. The van der Waals surface area contributed by atoms with Crippen molar-refractivity contribution in [3.63, 3.8) is 0 Å². The summed E-state index contributed by atoms with van der Waals surface area (Å²) in [7, 11) is 1.33. The molecule has 2 aliphatic rings. The maximum absolute atomic E-state index is 12.2. The second-order valence-corrected chi connectivity index (χ2v) is 7.00. The molecule has 7 heteroatoms. The number of esters is 1. The van der Waals surface area contributed by atoms with Crippen molar-refractivity contribution in [2.45, 2.75) is 32.6 Å². The van der Waals surface area contributed by atoms with Crippen LogP contribution in [-0.2, 0) is 19.1 Å². The van der Waals surface area contributed by atoms with Crippen molar-refractivity contribution in [1.82, 2.24) is 5.43 Å². The van der Waals surface area contributed by atoms with E-state index in [1.165, 1.54) is 7.11 Å². The van der Waals surface area contributed by atoms with E-state index in [1.54, 1.807) is 6.07 Å². The van der Waals surface area contributed by atoms with Gasteiger partial charge in [-0.3, -0.25) is 14.4 Å². The van der Waals surface area contributed by atoms with E-state index in [-0.39, 0.29) is 30.6 Å². The number of rotatable bonds is 6. The molecule has 0 bridgehead atoms. The van der Waals surface area contributed by atoms with Gasteiger partial charge in [0.1, 0.15) is 0 Å². The number of methoxy groups -OCH3 is 1. The second kappa shape index (κ2) is 8.21. The number of hydrogen-bond acceptors (Lipinski definition) is 5. The monoisotopic (exact) mass is 381 g/mol. The van der Waals surface area contributed by atoms with Crippen LogP contribution in [0.2, 0.25) is 0 Å². The highest BCUT2D eigenvalue weighted by molar-refractivity contribution is 6.15. The van der Waals surface area contributed by atoms with Crippen LogP contribution in [0, 0.1) is 5.41 Å². The molecule has 0 radical (unpaired) electrons. The van der Waals surface area contributed by atoms with Crippen LogP contribution in [0.4, 0.5) is 5.69 Å². The average molecular weight is 381 g/mol. The van der Waals surface area contributed by atoms with Crippen LogP contribution < -0.4 is 10.7 Å². The minimum Gasteiger partial charge on any atom is -0.469 e. The minimum atomic E-state index is -0.514. The van der Waals surface area contributed by atoms with E-state index in [2.05, 4.69) is 20.6 Å². The summed E-state index contributed by atoms with van der Waals surface area (Å²) in [5, 5.41) is 7.16. The summed E-state index contributed by atoms with van der Waals surface area (Å²) in [4.78, 5) is 35.5. The van der Waals surface area contributed by atoms with E-state index < -0.39 is 5.41 Å². The zero-order chi connectivity index (χ0) is 20.1. The number of anilines is 1. The van der Waals surface area contributed by atoms with Gasteiger partial charge in [-0.25, -0.2) is 5.43 Å². The molecule has 1 aliphatic heterocycles. The second-order valence-electron chi connectivity index (χ2n) is 7.00. The molecule has 2 amide bonds. The van der Waals surface area contributed by atoms with Crippen molar-refractivity contribution in [3.8, 4) is 0 Å². The first-order chi connectivity index (χ1) is 13.4. The first-order valence-electron chi connectivity index (χ1n) is 9.17. The van der Waals surface area contributed by atoms with Crippen LogP contribution >= 0.6 is 0 Å². The Labute approximate surface area is 163 Å². The fourth-order valence-corrected chi connectivity index (χ4v) is 3.45. The predicted molar refractivity (Wildman–Crippen MR) is 106 cm³/mol. The van der Waals surface area contributed by atoms with Crippen molar-refractivity contribution in [2.75, 3.05) is 12.4 Å². The maximum Gasteiger partial charge on any atom is 0.305 e. The maximum atomic E-state index is 12.2. The molecule has 1 atom stereocenters. The summed E-state index contributed by atoms with van der Waals surface area (Å²) in [6, 6.07) is 7.38. The third-order valence-electron chi connectivity index (χ3n) is 4.99. The van der Waals surface area contributed by atoms with Crippen molar-refractivity contribution in [3.05, 3.63) is 53.6 Å². The molecular weight excluding hydrogens is 358 g/mol. The van der Waals surface area contributed by atoms with Gasteiger partial charge >= 0.3 is 5.97 Å². The number of benzene rings is 1. The first kappa shape index (κ1) is 19.5. The molecule has 1 aliphatic carbocycles. The highest BCUT2D eigenvalue weighted by atomic mass is 16.5. The van der Waals surface area contributed by atoms with Crippen LogP contribution in [0.5, 0.6) is 0 Å². The molecule has 7 nitrogen and oxygen atoms in total. The molecule has 2 N–H and O–H groups in total. The van der Waals surface area contributed by atoms with Crippen LogP contribution in [0.15, 0.2) is 53.2 Å². The van der Waals surface area contributed by atoms with Crippen molar-refractivity contribution < 1.29 is 19.1 Å². The van der Waals surface area contributed by atoms with Crippen molar-refractivity contribution >= 4 is 29.2 Å². The fourth-order valence-electron chi connectivity index (χ4n) is 3.45. The van der Waals surface area contributed by atoms with E-state index in [1.807, 2.05) is 43.4 Å². The number of nitrogens with one attached hydrogen (secondary N) is 2. The lowest BCUT2D eigenvalue weighted by atomic mass is 9.69. The van der Waals surface area contributed by atoms with Gasteiger partial charge in [-0.2, -0.15) is 5.10 Å². The Morgan fingerprint density at radius 1 is 1.32 bits per heavy atom. The van der Waals surface area contributed by atoms with Gasteiger partial charge in [-0.1, -0.05) is 30.4 Å². The van der Waals surface area contributed by atoms with Gasteiger partial charge in [-0.05, 0) is 31.9 Å². The molecule has 0 fully saturated rings. The summed E-state index contributed by atoms with van der Waals surface area (Å²) in [5.74, 6) is -0.691. The topological polar surface area (TPSA) is 96.9 Å². The number of allylic oxidation sites excluding steroid dienone is 3. The van der Waals surface area contributed by atoms with Gasteiger partial charge in [-0.15, -0.1) is 0 Å². The highest BCUT2D eigenvalue weighted by Gasteiger charge is 2.42. The molecule has 1 unspecified atom stereocenters. The molecule has 28 heavy (non-hydrogen) atoms. The fraction of sp³-hybridized carbons (Fsp3) is 0.333. The van der Waals surface area contributed by atoms with Crippen LogP contribution in [0.25, 0.3) is 0 Å². The molecule has 0 saturated carbocycles. The number of carbonyl (C=O) groups excluding carboxylic acids is 3. The van der Waals surface area contributed by atoms with Gasteiger partial charge < -0.3 is 10.1 Å². The summed E-state index contributed by atoms with van der Waals surface area (Å²) in [5.41, 5.74) is 4.96. The summed E-state index contributed by atoms with van der Waals surface area (Å²) in [6.45, 7) is 2.00. The zero-order valence-corrected chi connectivity index (χ0v) is 16.0. The van der Waals surface area contributed by atoms with E-state index >= 15 is 0 Å². The number of fused-ring (bicyclic) bond motifs is 1. The summed E-state index contributed by atoms with van der Waals surface area (Å²) >= 11 is 0. The normalized spacial score (nSPS) is 20.4. The van der Waals surface area contributed by atoms with E-state index in [0.717, 1.165) is 11.3 Å². The number of ether oxygens (including phenoxy) is 1. The molecule has 0 spiro atoms. The van der Waals surface area contributed by atoms with Gasteiger partial charge in [0.2, 0.25) is 5.91 Å². The smallest absolute Gasteiger partial charge is 0.305 e. The average Bonchev–Trinajstić information content (AvgIpc) is 2.68. The SMILES string of the molecule is COC(=O)CCCC(=O)Nc1cccc(C2=NNC(=O)C3=CC=CCC32C)c1. The van der Waals surface area contributed by atoms with E-state index in [0.29, 0.717) is 24.1 Å². The number of carbonyl (C=O) groups is 3. The molecule has 0 aromatic heterocycles. The van der Waals surface area contributed by atoms with Crippen molar-refractivity contribution in [1.29, 1.82) is 0 Å². The van der Waals surface area contributed by atoms with Gasteiger partial charge in [0.15, 0.2) is 0 Å². The zero-order valence-electron chi connectivity index (χ0n) is 16.0. The Morgan fingerprint density at radius 2 is 2.14 bits per heavy atom. The number of hydrazone groups is 1. The number of nitrogens with zero attached hydrogens (tertiary/aromatic N) is 1. The quantitative estimate of drug-likeness (QED) is 0.741. The summed E-state index contributed by atoms with van der Waals surface area (Å²) in [6.07, 6.45) is 7.26. The minimum absolute atomic E-state index is 0.174. The van der Waals surface area contributed by atoms with Crippen LogP contribution in [-0.4, -0.2) is 30.6 Å². The Balaban J connectivity index is 1.74. The Kier molecular flexibility index (Phi) is 5.73. The summed E-state index contributed by atoms with van der Waals surface area (Å²) < 4.78 is 4.57. The lowest BCUT2D eigenvalue weighted by Gasteiger charge is -2.36. The predicted octanol–water partition coefficient (Wildman–Crippen LogP) is 2.69. The number of amides is 2. The van der Waals surface area contributed by atoms with Crippen molar-refractivity contribution in [2.24, 2.45) is 10.5 Å². The first-order valence-corrected chi connectivity index (χ1v) is 9.17. The molecule has 1 aromatic carbocycles. The molecule has 1 aromatic rings. The van der Waals surface area contributed by atoms with E-state index in [9.17, 15) is 14.4 Å². The Hall–Kier alpha value is -3.22. The molecule has 1 heterocycles. The van der Waals surface area contributed by atoms with Gasteiger partial charge in [0, 0.05) is 35.1 Å². The van der Waals surface area contributed by atoms with Gasteiger partial charge in [0.25, 0.3) is 5.91 Å². The lowest BCUT2D eigenvalue weighted by molar-refractivity contribution is -0.140. The highest BCUT2D eigenvalue weighted by Crippen LogP contribution is 2.40. The van der Waals surface area contributed by atoms with Crippen LogP contribution in [0.3, 0.4) is 0 Å². The molecule has 0 saturated heterocycles.